The molecule has 19 heavy (non-hydrogen) atoms. The van der Waals surface area contributed by atoms with Crippen molar-refractivity contribution in [2.24, 2.45) is 5.84 Å². The van der Waals surface area contributed by atoms with Gasteiger partial charge >= 0.3 is 0 Å². The predicted molar refractivity (Wildman–Crippen MR) is 67.6 cm³/mol. The molecule has 0 saturated carbocycles. The van der Waals surface area contributed by atoms with E-state index < -0.39 is 10.0 Å². The van der Waals surface area contributed by atoms with Crippen molar-refractivity contribution >= 4 is 27.4 Å². The minimum atomic E-state index is -3.74. The Morgan fingerprint density at radius 2 is 2.26 bits per heavy atom. The van der Waals surface area contributed by atoms with Crippen LogP contribution in [0.2, 0.25) is 5.02 Å². The maximum atomic E-state index is 12.0. The fourth-order valence-corrected chi connectivity index (χ4v) is 2.51. The van der Waals surface area contributed by atoms with Crippen LogP contribution < -0.4 is 16.0 Å². The van der Waals surface area contributed by atoms with E-state index in [9.17, 15) is 8.42 Å². The van der Waals surface area contributed by atoms with Crippen molar-refractivity contribution < 1.29 is 12.9 Å². The maximum absolute atomic E-state index is 12.0. The van der Waals surface area contributed by atoms with Crippen molar-refractivity contribution in [3.63, 3.8) is 0 Å². The van der Waals surface area contributed by atoms with Gasteiger partial charge in [-0.05, 0) is 6.07 Å². The number of rotatable bonds is 5. The highest BCUT2D eigenvalue weighted by molar-refractivity contribution is 7.89. The Kier molecular flexibility index (Phi) is 4.00. The zero-order chi connectivity index (χ0) is 13.9. The third-order valence-corrected chi connectivity index (χ3v) is 3.85. The van der Waals surface area contributed by atoms with Crippen LogP contribution in [0.25, 0.3) is 0 Å². The number of halogens is 1. The minimum absolute atomic E-state index is 0.0170. The van der Waals surface area contributed by atoms with Crippen LogP contribution >= 0.6 is 11.6 Å². The van der Waals surface area contributed by atoms with Gasteiger partial charge in [0.1, 0.15) is 4.90 Å². The summed E-state index contributed by atoms with van der Waals surface area (Å²) in [4.78, 5) is 3.71. The molecule has 0 saturated heterocycles. The fourth-order valence-electron chi connectivity index (χ4n) is 1.26. The lowest BCUT2D eigenvalue weighted by Crippen LogP contribution is -2.23. The van der Waals surface area contributed by atoms with Crippen LogP contribution in [0.15, 0.2) is 33.9 Å². The highest BCUT2D eigenvalue weighted by atomic mass is 35.5. The van der Waals surface area contributed by atoms with Gasteiger partial charge in [0.05, 0.1) is 17.8 Å². The molecule has 8 nitrogen and oxygen atoms in total. The van der Waals surface area contributed by atoms with E-state index in [-0.39, 0.29) is 22.3 Å². The van der Waals surface area contributed by atoms with E-state index in [1.54, 1.807) is 6.07 Å². The standard InChI is InChI=1S/C9H10ClN5O3S/c10-8-3-7(5-12-9(8)15-11)19(16,17)14-4-6-1-2-13-18-6/h1-3,5,14H,4,11H2,(H,12,15). The van der Waals surface area contributed by atoms with Crippen molar-refractivity contribution in [2.45, 2.75) is 11.4 Å². The van der Waals surface area contributed by atoms with Gasteiger partial charge in [0.15, 0.2) is 11.6 Å². The lowest BCUT2D eigenvalue weighted by molar-refractivity contribution is 0.380. The van der Waals surface area contributed by atoms with E-state index in [2.05, 4.69) is 20.3 Å². The normalized spacial score (nSPS) is 11.5. The van der Waals surface area contributed by atoms with Crippen LogP contribution in [0.4, 0.5) is 5.82 Å². The molecule has 2 aromatic rings. The van der Waals surface area contributed by atoms with E-state index in [0.717, 1.165) is 6.20 Å². The van der Waals surface area contributed by atoms with Gasteiger partial charge < -0.3 is 9.95 Å². The van der Waals surface area contributed by atoms with Gasteiger partial charge in [0.2, 0.25) is 10.0 Å². The summed E-state index contributed by atoms with van der Waals surface area (Å²) in [6, 6.07) is 2.79. The SMILES string of the molecule is NNc1ncc(S(=O)(=O)NCc2ccno2)cc1Cl. The Balaban J connectivity index is 2.17. The second-order valence-corrected chi connectivity index (χ2v) is 5.62. The lowest BCUT2D eigenvalue weighted by atomic mass is 10.5. The van der Waals surface area contributed by atoms with E-state index in [0.29, 0.717) is 5.76 Å². The van der Waals surface area contributed by atoms with Crippen molar-refractivity contribution in [2.75, 3.05) is 5.43 Å². The summed E-state index contributed by atoms with van der Waals surface area (Å²) >= 11 is 5.81. The van der Waals surface area contributed by atoms with Gasteiger partial charge in [-0.15, -0.1) is 0 Å². The summed E-state index contributed by atoms with van der Waals surface area (Å²) in [6.45, 7) is -0.0170. The number of anilines is 1. The number of nitrogens with zero attached hydrogens (tertiary/aromatic N) is 2. The van der Waals surface area contributed by atoms with Crippen molar-refractivity contribution in [1.29, 1.82) is 0 Å². The highest BCUT2D eigenvalue weighted by Crippen LogP contribution is 2.21. The number of hydrazine groups is 1. The van der Waals surface area contributed by atoms with Gasteiger partial charge in [0.25, 0.3) is 0 Å². The van der Waals surface area contributed by atoms with Crippen molar-refractivity contribution in [3.8, 4) is 0 Å². The molecule has 2 rings (SSSR count). The van der Waals surface area contributed by atoms with Gasteiger partial charge in [-0.25, -0.2) is 24.0 Å². The number of hydrogen-bond donors (Lipinski definition) is 3. The summed E-state index contributed by atoms with van der Waals surface area (Å²) in [6.07, 6.45) is 2.56. The molecule has 0 atom stereocenters. The van der Waals surface area contributed by atoms with Gasteiger partial charge in [-0.3, -0.25) is 0 Å². The van der Waals surface area contributed by atoms with Crippen LogP contribution in [-0.2, 0) is 16.6 Å². The summed E-state index contributed by atoms with van der Waals surface area (Å²) < 4.78 is 31.0. The van der Waals surface area contributed by atoms with Gasteiger partial charge in [0, 0.05) is 12.3 Å². The topological polar surface area (TPSA) is 123 Å². The molecule has 0 spiro atoms. The molecule has 0 unspecified atom stereocenters. The number of hydrogen-bond acceptors (Lipinski definition) is 7. The van der Waals surface area contributed by atoms with Gasteiger partial charge in [-0.2, -0.15) is 0 Å². The molecule has 2 heterocycles. The first-order valence-corrected chi connectivity index (χ1v) is 6.90. The second kappa shape index (κ2) is 5.53. The quantitative estimate of drug-likeness (QED) is 0.542. The van der Waals surface area contributed by atoms with Crippen LogP contribution in [-0.4, -0.2) is 18.6 Å². The smallest absolute Gasteiger partial charge is 0.242 e. The molecule has 0 aliphatic rings. The lowest BCUT2D eigenvalue weighted by Gasteiger charge is -2.07. The molecule has 0 amide bonds. The molecule has 4 N–H and O–H groups in total. The van der Waals surface area contributed by atoms with Crippen LogP contribution in [0.5, 0.6) is 0 Å². The Morgan fingerprint density at radius 3 is 2.84 bits per heavy atom. The molecule has 0 fully saturated rings. The molecule has 102 valence electrons. The Hall–Kier alpha value is -1.68. The molecule has 0 aliphatic heterocycles. The Labute approximate surface area is 114 Å². The summed E-state index contributed by atoms with van der Waals surface area (Å²) in [5.41, 5.74) is 2.25. The molecular formula is C9H10ClN5O3S. The van der Waals surface area contributed by atoms with Crippen molar-refractivity contribution in [3.05, 3.63) is 35.3 Å². The first kappa shape index (κ1) is 13.7. The number of nitrogen functional groups attached to an aromatic ring is 1. The first-order chi connectivity index (χ1) is 9.03. The van der Waals surface area contributed by atoms with E-state index >= 15 is 0 Å². The third-order valence-electron chi connectivity index (χ3n) is 2.19. The average molecular weight is 304 g/mol. The van der Waals surface area contributed by atoms with Crippen LogP contribution in [0.3, 0.4) is 0 Å². The van der Waals surface area contributed by atoms with E-state index in [1.807, 2.05) is 0 Å². The number of pyridine rings is 1. The van der Waals surface area contributed by atoms with E-state index in [4.69, 9.17) is 22.0 Å². The molecule has 0 bridgehead atoms. The average Bonchev–Trinajstić information content (AvgIpc) is 2.89. The number of aromatic nitrogens is 2. The van der Waals surface area contributed by atoms with Gasteiger partial charge in [-0.1, -0.05) is 16.8 Å². The number of nitrogens with one attached hydrogen (secondary N) is 2. The van der Waals surface area contributed by atoms with Crippen LogP contribution in [0, 0.1) is 0 Å². The largest absolute Gasteiger partial charge is 0.360 e. The molecular weight excluding hydrogens is 294 g/mol. The first-order valence-electron chi connectivity index (χ1n) is 5.04. The number of nitrogens with two attached hydrogens (primary N) is 1. The second-order valence-electron chi connectivity index (χ2n) is 3.45. The molecule has 0 radical (unpaired) electrons. The number of sulfonamides is 1. The molecule has 10 heteroatoms. The Morgan fingerprint density at radius 1 is 1.47 bits per heavy atom. The summed E-state index contributed by atoms with van der Waals surface area (Å²) in [7, 11) is -3.74. The summed E-state index contributed by atoms with van der Waals surface area (Å²) in [5, 5.41) is 3.57. The zero-order valence-electron chi connectivity index (χ0n) is 9.50. The van der Waals surface area contributed by atoms with Crippen molar-refractivity contribution in [1.82, 2.24) is 14.9 Å². The molecule has 0 aromatic carbocycles. The predicted octanol–water partition coefficient (Wildman–Crippen LogP) is 0.487. The monoisotopic (exact) mass is 303 g/mol. The third kappa shape index (κ3) is 3.20. The molecule has 2 aromatic heterocycles. The Bertz CT molecular complexity index is 658. The fraction of sp³-hybridized carbons (Fsp3) is 0.111. The highest BCUT2D eigenvalue weighted by Gasteiger charge is 2.17. The zero-order valence-corrected chi connectivity index (χ0v) is 11.1. The molecule has 0 aliphatic carbocycles. The summed E-state index contributed by atoms with van der Waals surface area (Å²) in [5.74, 6) is 5.73. The maximum Gasteiger partial charge on any atom is 0.242 e. The van der Waals surface area contributed by atoms with Crippen LogP contribution in [0.1, 0.15) is 5.76 Å². The minimum Gasteiger partial charge on any atom is -0.360 e. The van der Waals surface area contributed by atoms with E-state index in [1.165, 1.54) is 12.3 Å².